The first-order chi connectivity index (χ1) is 14.9. The molecule has 4 rings (SSSR count). The predicted molar refractivity (Wildman–Crippen MR) is 122 cm³/mol. The summed E-state index contributed by atoms with van der Waals surface area (Å²) in [6.07, 6.45) is 1.49. The molecule has 1 aromatic heterocycles. The Morgan fingerprint density at radius 2 is 1.61 bits per heavy atom. The minimum atomic E-state index is -3.50. The monoisotopic (exact) mass is 444 g/mol. The van der Waals surface area contributed by atoms with E-state index in [1.807, 2.05) is 6.07 Å². The molecule has 0 aliphatic carbocycles. The lowest BCUT2D eigenvalue weighted by molar-refractivity contribution is 0.0730. The van der Waals surface area contributed by atoms with Crippen LogP contribution in [0.15, 0.2) is 47.5 Å². The van der Waals surface area contributed by atoms with E-state index in [1.54, 1.807) is 6.07 Å². The number of aromatic nitrogens is 1. The molecule has 0 unspecified atom stereocenters. The molecule has 2 aliphatic heterocycles. The first-order valence-electron chi connectivity index (χ1n) is 11.0. The van der Waals surface area contributed by atoms with E-state index in [-0.39, 0.29) is 4.90 Å². The number of sulfonamides is 1. The lowest BCUT2D eigenvalue weighted by Crippen LogP contribution is -2.46. The van der Waals surface area contributed by atoms with E-state index in [0.717, 1.165) is 38.5 Å². The minimum absolute atomic E-state index is 0.252. The van der Waals surface area contributed by atoms with Gasteiger partial charge in [0.05, 0.1) is 13.2 Å². The Morgan fingerprint density at radius 3 is 2.19 bits per heavy atom. The van der Waals surface area contributed by atoms with Crippen LogP contribution in [0.1, 0.15) is 30.9 Å². The van der Waals surface area contributed by atoms with Gasteiger partial charge in [0.15, 0.2) is 0 Å². The molecule has 2 saturated heterocycles. The molecule has 2 fully saturated rings. The fourth-order valence-electron chi connectivity index (χ4n) is 4.05. The fraction of sp³-hybridized carbons (Fsp3) is 0.522. The molecule has 0 amide bonds. The van der Waals surface area contributed by atoms with Crippen LogP contribution in [0.4, 0.5) is 5.82 Å². The topological polar surface area (TPSA) is 66.0 Å². The highest BCUT2D eigenvalue weighted by atomic mass is 32.2. The lowest BCUT2D eigenvalue weighted by Gasteiger charge is -2.35. The van der Waals surface area contributed by atoms with Gasteiger partial charge in [-0.15, -0.1) is 0 Å². The van der Waals surface area contributed by atoms with E-state index >= 15 is 0 Å². The maximum absolute atomic E-state index is 12.8. The third kappa shape index (κ3) is 5.26. The number of pyridine rings is 1. The Hall–Kier alpha value is -2.00. The Labute approximate surface area is 185 Å². The molecule has 0 saturated carbocycles. The van der Waals surface area contributed by atoms with Crippen molar-refractivity contribution in [1.82, 2.24) is 14.2 Å². The number of anilines is 1. The SMILES string of the molecule is CC(C)c1ccc(CN2CCN(c3ccc(S(=O)(=O)N4CCOCC4)cn3)CC2)cc1. The quantitative estimate of drug-likeness (QED) is 0.682. The molecule has 0 bridgehead atoms. The van der Waals surface area contributed by atoms with E-state index < -0.39 is 10.0 Å². The zero-order valence-electron chi connectivity index (χ0n) is 18.4. The van der Waals surface area contributed by atoms with Crippen molar-refractivity contribution in [3.63, 3.8) is 0 Å². The maximum Gasteiger partial charge on any atom is 0.244 e. The normalized spacial score (nSPS) is 19.1. The van der Waals surface area contributed by atoms with Gasteiger partial charge in [0.2, 0.25) is 10.0 Å². The van der Waals surface area contributed by atoms with Crippen LogP contribution in [0.2, 0.25) is 0 Å². The molecule has 0 radical (unpaired) electrons. The molecule has 0 N–H and O–H groups in total. The number of ether oxygens (including phenoxy) is 1. The maximum atomic E-state index is 12.8. The van der Waals surface area contributed by atoms with Gasteiger partial charge >= 0.3 is 0 Å². The van der Waals surface area contributed by atoms with Gasteiger partial charge in [0.1, 0.15) is 10.7 Å². The van der Waals surface area contributed by atoms with Crippen LogP contribution in [0.3, 0.4) is 0 Å². The van der Waals surface area contributed by atoms with Gasteiger partial charge in [-0.2, -0.15) is 4.31 Å². The van der Waals surface area contributed by atoms with Crippen molar-refractivity contribution in [2.75, 3.05) is 57.4 Å². The van der Waals surface area contributed by atoms with E-state index in [4.69, 9.17) is 4.74 Å². The van der Waals surface area contributed by atoms with Crippen molar-refractivity contribution < 1.29 is 13.2 Å². The van der Waals surface area contributed by atoms with Crippen LogP contribution in [-0.2, 0) is 21.3 Å². The van der Waals surface area contributed by atoms with Crippen molar-refractivity contribution in [3.8, 4) is 0 Å². The van der Waals surface area contributed by atoms with Crippen molar-refractivity contribution in [3.05, 3.63) is 53.7 Å². The highest BCUT2D eigenvalue weighted by Crippen LogP contribution is 2.21. The molecule has 7 nitrogen and oxygen atoms in total. The van der Waals surface area contributed by atoms with Crippen LogP contribution in [-0.4, -0.2) is 75.1 Å². The third-order valence-electron chi connectivity index (χ3n) is 6.08. The predicted octanol–water partition coefficient (Wildman–Crippen LogP) is 2.55. The molecule has 1 aromatic carbocycles. The summed E-state index contributed by atoms with van der Waals surface area (Å²) in [5, 5.41) is 0. The number of hydrogen-bond acceptors (Lipinski definition) is 6. The zero-order chi connectivity index (χ0) is 21.8. The van der Waals surface area contributed by atoms with Crippen molar-refractivity contribution in [2.24, 2.45) is 0 Å². The summed E-state index contributed by atoms with van der Waals surface area (Å²) in [6.45, 7) is 10.7. The molecule has 0 spiro atoms. The molecule has 168 valence electrons. The molecular formula is C23H32N4O3S. The summed E-state index contributed by atoms with van der Waals surface area (Å²) in [5.41, 5.74) is 2.72. The average Bonchev–Trinajstić information content (AvgIpc) is 2.81. The van der Waals surface area contributed by atoms with Crippen molar-refractivity contribution in [1.29, 1.82) is 0 Å². The van der Waals surface area contributed by atoms with Gasteiger partial charge in [-0.3, -0.25) is 4.90 Å². The molecular weight excluding hydrogens is 412 g/mol. The highest BCUT2D eigenvalue weighted by molar-refractivity contribution is 7.89. The fourth-order valence-corrected chi connectivity index (χ4v) is 5.40. The summed E-state index contributed by atoms with van der Waals surface area (Å²) in [7, 11) is -3.50. The minimum Gasteiger partial charge on any atom is -0.379 e. The van der Waals surface area contributed by atoms with Gasteiger partial charge in [-0.05, 0) is 29.2 Å². The Bertz CT molecular complexity index is 947. The Morgan fingerprint density at radius 1 is 0.935 bits per heavy atom. The van der Waals surface area contributed by atoms with E-state index in [9.17, 15) is 8.42 Å². The summed E-state index contributed by atoms with van der Waals surface area (Å²) in [5.74, 6) is 1.39. The average molecular weight is 445 g/mol. The molecule has 2 aromatic rings. The van der Waals surface area contributed by atoms with E-state index in [2.05, 4.69) is 52.9 Å². The van der Waals surface area contributed by atoms with Gasteiger partial charge in [0.25, 0.3) is 0 Å². The largest absolute Gasteiger partial charge is 0.379 e. The first kappa shape index (κ1) is 22.2. The van der Waals surface area contributed by atoms with Crippen LogP contribution in [0.5, 0.6) is 0 Å². The van der Waals surface area contributed by atoms with Crippen LogP contribution in [0, 0.1) is 0 Å². The summed E-state index contributed by atoms with van der Waals surface area (Å²) in [6, 6.07) is 12.4. The molecule has 31 heavy (non-hydrogen) atoms. The standard InChI is InChI=1S/C23H32N4O3S/c1-19(2)21-5-3-20(4-6-21)18-25-9-11-26(12-10-25)23-8-7-22(17-24-23)31(28,29)27-13-15-30-16-14-27/h3-8,17,19H,9-16,18H2,1-2H3. The van der Waals surface area contributed by atoms with Gasteiger partial charge in [-0.25, -0.2) is 13.4 Å². The van der Waals surface area contributed by atoms with Crippen molar-refractivity contribution in [2.45, 2.75) is 31.2 Å². The number of nitrogens with zero attached hydrogens (tertiary/aromatic N) is 4. The summed E-state index contributed by atoms with van der Waals surface area (Å²) >= 11 is 0. The Balaban J connectivity index is 1.32. The second-order valence-corrected chi connectivity index (χ2v) is 10.5. The van der Waals surface area contributed by atoms with E-state index in [1.165, 1.54) is 21.6 Å². The number of morpholine rings is 1. The first-order valence-corrected chi connectivity index (χ1v) is 12.5. The second-order valence-electron chi connectivity index (χ2n) is 8.53. The van der Waals surface area contributed by atoms with Crippen LogP contribution in [0.25, 0.3) is 0 Å². The van der Waals surface area contributed by atoms with E-state index in [0.29, 0.717) is 32.2 Å². The third-order valence-corrected chi connectivity index (χ3v) is 7.96. The summed E-state index contributed by atoms with van der Waals surface area (Å²) in [4.78, 5) is 9.40. The highest BCUT2D eigenvalue weighted by Gasteiger charge is 2.27. The zero-order valence-corrected chi connectivity index (χ0v) is 19.2. The number of benzene rings is 1. The van der Waals surface area contributed by atoms with Crippen LogP contribution >= 0.6 is 0 Å². The molecule has 0 atom stereocenters. The van der Waals surface area contributed by atoms with Crippen LogP contribution < -0.4 is 4.90 Å². The van der Waals surface area contributed by atoms with Gasteiger partial charge in [0, 0.05) is 52.0 Å². The molecule has 3 heterocycles. The van der Waals surface area contributed by atoms with Gasteiger partial charge < -0.3 is 9.64 Å². The number of rotatable bonds is 6. The molecule has 8 heteroatoms. The lowest BCUT2D eigenvalue weighted by atomic mass is 10.0. The molecule has 2 aliphatic rings. The number of hydrogen-bond donors (Lipinski definition) is 0. The smallest absolute Gasteiger partial charge is 0.244 e. The Kier molecular flexibility index (Phi) is 6.91. The summed E-state index contributed by atoms with van der Waals surface area (Å²) < 4.78 is 32.2. The van der Waals surface area contributed by atoms with Gasteiger partial charge in [-0.1, -0.05) is 38.1 Å². The second kappa shape index (κ2) is 9.65. The number of piperazine rings is 1. The van der Waals surface area contributed by atoms with Crippen molar-refractivity contribution >= 4 is 15.8 Å².